The molecule has 0 spiro atoms. The highest BCUT2D eigenvalue weighted by Crippen LogP contribution is 2.14. The van der Waals surface area contributed by atoms with Gasteiger partial charge in [-0.1, -0.05) is 48.0 Å². The van der Waals surface area contributed by atoms with E-state index >= 15 is 0 Å². The second-order valence-corrected chi connectivity index (χ2v) is 9.37. The highest BCUT2D eigenvalue weighted by Gasteiger charge is 2.16. The molecule has 2 aromatic rings. The molecule has 0 aliphatic carbocycles. The molecule has 2 aromatic carbocycles. The van der Waals surface area contributed by atoms with Crippen molar-refractivity contribution in [2.45, 2.75) is 38.7 Å². The van der Waals surface area contributed by atoms with Crippen LogP contribution in [0.5, 0.6) is 0 Å². The summed E-state index contributed by atoms with van der Waals surface area (Å²) in [6.07, 6.45) is 0. The molecule has 0 radical (unpaired) electrons. The van der Waals surface area contributed by atoms with Gasteiger partial charge in [-0.05, 0) is 42.7 Å². The number of rotatable bonds is 8. The topological polar surface area (TPSA) is 73.8 Å². The second-order valence-electron chi connectivity index (χ2n) is 7.18. The normalized spacial score (nSPS) is 11.9. The molecule has 0 unspecified atom stereocenters. The first-order valence-electron chi connectivity index (χ1n) is 9.43. The predicted molar refractivity (Wildman–Crippen MR) is 136 cm³/mol. The van der Waals surface area contributed by atoms with E-state index in [9.17, 15) is 8.42 Å². The highest BCUT2D eigenvalue weighted by atomic mass is 127. The number of guanidine groups is 1. The minimum atomic E-state index is -3.39. The van der Waals surface area contributed by atoms with Crippen molar-refractivity contribution in [1.29, 1.82) is 0 Å². The molecule has 0 aliphatic rings. The van der Waals surface area contributed by atoms with Gasteiger partial charge < -0.3 is 10.2 Å². The summed E-state index contributed by atoms with van der Waals surface area (Å²) >= 11 is 5.95. The maximum absolute atomic E-state index is 12.3. The van der Waals surface area contributed by atoms with Crippen LogP contribution in [0, 0.1) is 0 Å². The largest absolute Gasteiger partial charge is 0.352 e. The molecule has 2 rings (SSSR count). The van der Waals surface area contributed by atoms with Gasteiger partial charge in [0.25, 0.3) is 0 Å². The van der Waals surface area contributed by atoms with Crippen LogP contribution in [-0.4, -0.2) is 39.4 Å². The third-order valence-corrected chi connectivity index (χ3v) is 6.00. The molecule has 0 heterocycles. The van der Waals surface area contributed by atoms with Crippen LogP contribution >= 0.6 is 35.6 Å². The standard InChI is InChI=1S/C21H29ClN4O2S.HI/c1-16(2)25-29(27,28)15-19-8-6-5-7-18(19)13-24-21(23-3)26(4)14-17-9-11-20(22)12-10-17;/h5-12,16,25H,13-15H2,1-4H3,(H,23,24);1H. The first kappa shape index (κ1) is 26.7. The van der Waals surface area contributed by atoms with Gasteiger partial charge in [0.15, 0.2) is 5.96 Å². The monoisotopic (exact) mass is 564 g/mol. The Morgan fingerprint density at radius 3 is 2.27 bits per heavy atom. The molecule has 0 atom stereocenters. The van der Waals surface area contributed by atoms with Crippen molar-refractivity contribution in [3.05, 3.63) is 70.2 Å². The summed E-state index contributed by atoms with van der Waals surface area (Å²) in [6, 6.07) is 15.1. The molecule has 9 heteroatoms. The number of nitrogens with zero attached hydrogens (tertiary/aromatic N) is 2. The van der Waals surface area contributed by atoms with Crippen molar-refractivity contribution in [2.24, 2.45) is 4.99 Å². The number of halogens is 2. The number of sulfonamides is 1. The van der Waals surface area contributed by atoms with Crippen LogP contribution < -0.4 is 10.0 Å². The Morgan fingerprint density at radius 2 is 1.70 bits per heavy atom. The Bertz CT molecular complexity index is 934. The van der Waals surface area contributed by atoms with Gasteiger partial charge in [-0.2, -0.15) is 0 Å². The van der Waals surface area contributed by atoms with Gasteiger partial charge in [-0.25, -0.2) is 13.1 Å². The third kappa shape index (κ3) is 8.79. The number of aliphatic imine (C=N–C) groups is 1. The fourth-order valence-corrected chi connectivity index (χ4v) is 4.59. The summed E-state index contributed by atoms with van der Waals surface area (Å²) in [7, 11) is 0.287. The first-order chi connectivity index (χ1) is 13.7. The second kappa shape index (κ2) is 12.5. The molecule has 0 bridgehead atoms. The van der Waals surface area contributed by atoms with E-state index in [1.807, 2.05) is 74.3 Å². The van der Waals surface area contributed by atoms with Gasteiger partial charge >= 0.3 is 0 Å². The summed E-state index contributed by atoms with van der Waals surface area (Å²) in [5.74, 6) is 0.667. The van der Waals surface area contributed by atoms with Crippen LogP contribution in [0.1, 0.15) is 30.5 Å². The van der Waals surface area contributed by atoms with E-state index in [2.05, 4.69) is 15.0 Å². The van der Waals surface area contributed by atoms with Gasteiger partial charge in [-0.15, -0.1) is 24.0 Å². The molecule has 166 valence electrons. The molecule has 0 aliphatic heterocycles. The van der Waals surface area contributed by atoms with Crippen LogP contribution in [0.4, 0.5) is 0 Å². The summed E-state index contributed by atoms with van der Waals surface area (Å²) in [6.45, 7) is 4.77. The average Bonchev–Trinajstić information content (AvgIpc) is 2.64. The Morgan fingerprint density at radius 1 is 1.10 bits per heavy atom. The molecule has 30 heavy (non-hydrogen) atoms. The van der Waals surface area contributed by atoms with Gasteiger partial charge in [0, 0.05) is 38.2 Å². The lowest BCUT2D eigenvalue weighted by Gasteiger charge is -2.23. The number of benzene rings is 2. The lowest BCUT2D eigenvalue weighted by atomic mass is 10.1. The van der Waals surface area contributed by atoms with Gasteiger partial charge in [0.2, 0.25) is 10.0 Å². The zero-order valence-electron chi connectivity index (χ0n) is 17.7. The van der Waals surface area contributed by atoms with E-state index in [0.29, 0.717) is 18.1 Å². The van der Waals surface area contributed by atoms with Gasteiger partial charge in [0.05, 0.1) is 5.75 Å². The molecule has 0 saturated carbocycles. The Kier molecular flexibility index (Phi) is 11.1. The highest BCUT2D eigenvalue weighted by molar-refractivity contribution is 14.0. The molecule has 6 nitrogen and oxygen atoms in total. The molecular formula is C21H30ClIN4O2S. The number of nitrogens with one attached hydrogen (secondary N) is 2. The summed E-state index contributed by atoms with van der Waals surface area (Å²) in [4.78, 5) is 6.34. The van der Waals surface area contributed by atoms with Crippen LogP contribution in [0.2, 0.25) is 5.02 Å². The van der Waals surface area contributed by atoms with Gasteiger partial charge in [-0.3, -0.25) is 4.99 Å². The van der Waals surface area contributed by atoms with Gasteiger partial charge in [0.1, 0.15) is 0 Å². The van der Waals surface area contributed by atoms with E-state index in [-0.39, 0.29) is 35.8 Å². The quantitative estimate of drug-likeness (QED) is 0.289. The first-order valence-corrected chi connectivity index (χ1v) is 11.5. The minimum absolute atomic E-state index is 0. The van der Waals surface area contributed by atoms with E-state index in [1.165, 1.54) is 0 Å². The summed E-state index contributed by atoms with van der Waals surface area (Å²) < 4.78 is 27.3. The zero-order valence-corrected chi connectivity index (χ0v) is 21.6. The molecule has 0 amide bonds. The third-order valence-electron chi connectivity index (χ3n) is 4.22. The Labute approximate surface area is 202 Å². The van der Waals surface area contributed by atoms with Crippen molar-refractivity contribution in [3.63, 3.8) is 0 Å². The van der Waals surface area contributed by atoms with Crippen LogP contribution in [0.3, 0.4) is 0 Å². The maximum Gasteiger partial charge on any atom is 0.216 e. The smallest absolute Gasteiger partial charge is 0.216 e. The summed E-state index contributed by atoms with van der Waals surface area (Å²) in [5, 5.41) is 4.02. The predicted octanol–water partition coefficient (Wildman–Crippen LogP) is 3.99. The maximum atomic E-state index is 12.3. The van der Waals surface area contributed by atoms with Crippen molar-refractivity contribution < 1.29 is 8.42 Å². The number of hydrogen-bond donors (Lipinski definition) is 2. The lowest BCUT2D eigenvalue weighted by Crippen LogP contribution is -2.38. The van der Waals surface area contributed by atoms with E-state index in [1.54, 1.807) is 7.05 Å². The summed E-state index contributed by atoms with van der Waals surface area (Å²) in [5.41, 5.74) is 2.80. The van der Waals surface area contributed by atoms with Crippen molar-refractivity contribution >= 4 is 51.6 Å². The lowest BCUT2D eigenvalue weighted by molar-refractivity contribution is 0.476. The van der Waals surface area contributed by atoms with Crippen LogP contribution in [0.25, 0.3) is 0 Å². The molecule has 0 aromatic heterocycles. The number of hydrogen-bond acceptors (Lipinski definition) is 3. The van der Waals surface area contributed by atoms with Crippen LogP contribution in [-0.2, 0) is 28.9 Å². The van der Waals surface area contributed by atoms with Crippen molar-refractivity contribution in [3.8, 4) is 0 Å². The van der Waals surface area contributed by atoms with Crippen LogP contribution in [0.15, 0.2) is 53.5 Å². The minimum Gasteiger partial charge on any atom is -0.352 e. The zero-order chi connectivity index (χ0) is 21.4. The fourth-order valence-electron chi connectivity index (χ4n) is 2.97. The fraction of sp³-hybridized carbons (Fsp3) is 0.381. The molecule has 2 N–H and O–H groups in total. The van der Waals surface area contributed by atoms with E-state index in [0.717, 1.165) is 22.6 Å². The van der Waals surface area contributed by atoms with Crippen molar-refractivity contribution in [2.75, 3.05) is 14.1 Å². The molecular weight excluding hydrogens is 535 g/mol. The Hall–Kier alpha value is -1.36. The Balaban J connectivity index is 0.00000450. The van der Waals surface area contributed by atoms with E-state index < -0.39 is 10.0 Å². The van der Waals surface area contributed by atoms with E-state index in [4.69, 9.17) is 11.6 Å². The average molecular weight is 565 g/mol. The van der Waals surface area contributed by atoms with Crippen molar-refractivity contribution in [1.82, 2.24) is 14.9 Å². The SMILES string of the molecule is CN=C(NCc1ccccc1CS(=O)(=O)NC(C)C)N(C)Cc1ccc(Cl)cc1.I. The molecule has 0 fully saturated rings. The molecule has 0 saturated heterocycles.